The van der Waals surface area contributed by atoms with E-state index in [9.17, 15) is 8.78 Å². The summed E-state index contributed by atoms with van der Waals surface area (Å²) >= 11 is 2.34. The molecule has 236 valence electrons. The molecule has 0 unspecified atom stereocenters. The van der Waals surface area contributed by atoms with Gasteiger partial charge in [0.15, 0.2) is 11.6 Å². The fraction of sp³-hybridized carbons (Fsp3) is 0.441. The molecular weight excluding hydrogens is 691 g/mol. The summed E-state index contributed by atoms with van der Waals surface area (Å²) in [5.41, 5.74) is 4.13. The summed E-state index contributed by atoms with van der Waals surface area (Å²) in [5, 5.41) is 8.78. The van der Waals surface area contributed by atoms with E-state index in [1.807, 2.05) is 47.4 Å². The maximum Gasteiger partial charge on any atom is 0.266 e. The molecule has 1 aliphatic carbocycles. The molecule has 7 rings (SSSR count). The Balaban J connectivity index is 1.10. The van der Waals surface area contributed by atoms with E-state index in [0.717, 1.165) is 33.5 Å². The average Bonchev–Trinajstić information content (AvgIpc) is 3.62. The van der Waals surface area contributed by atoms with Gasteiger partial charge >= 0.3 is 0 Å². The highest BCUT2D eigenvalue weighted by Crippen LogP contribution is 2.54. The van der Waals surface area contributed by atoms with Gasteiger partial charge < -0.3 is 23.7 Å². The topological polar surface area (TPSA) is 76.8 Å². The van der Waals surface area contributed by atoms with Crippen molar-refractivity contribution in [2.24, 2.45) is 5.41 Å². The molecular formula is C34H36F2IN5O3. The molecule has 2 aliphatic heterocycles. The second kappa shape index (κ2) is 12.8. The summed E-state index contributed by atoms with van der Waals surface area (Å²) in [6.45, 7) is 3.53. The monoisotopic (exact) mass is 727 g/mol. The maximum absolute atomic E-state index is 14.0. The Morgan fingerprint density at radius 2 is 1.53 bits per heavy atom. The Kier molecular flexibility index (Phi) is 8.64. The normalized spacial score (nSPS) is 18.7. The third-order valence-electron chi connectivity index (χ3n) is 9.19. The Bertz CT molecular complexity index is 1610. The number of aromatic nitrogens is 3. The first kappa shape index (κ1) is 30.3. The predicted octanol–water partition coefficient (Wildman–Crippen LogP) is 7.61. The summed E-state index contributed by atoms with van der Waals surface area (Å²) in [5.74, 6) is -0.986. The molecule has 45 heavy (non-hydrogen) atoms. The molecule has 0 N–H and O–H groups in total. The van der Waals surface area contributed by atoms with E-state index in [1.54, 1.807) is 12.1 Å². The van der Waals surface area contributed by atoms with Crippen molar-refractivity contribution < 1.29 is 22.7 Å². The third-order valence-corrected chi connectivity index (χ3v) is 9.86. The van der Waals surface area contributed by atoms with Crippen LogP contribution in [0.2, 0.25) is 0 Å². The van der Waals surface area contributed by atoms with Crippen molar-refractivity contribution in [1.82, 2.24) is 15.2 Å². The molecule has 2 aromatic heterocycles. The minimum Gasteiger partial charge on any atom is -0.487 e. The molecule has 4 heterocycles. The van der Waals surface area contributed by atoms with Crippen LogP contribution in [0.4, 0.5) is 20.3 Å². The molecule has 2 aromatic carbocycles. The van der Waals surface area contributed by atoms with E-state index in [4.69, 9.17) is 18.9 Å². The fourth-order valence-electron chi connectivity index (χ4n) is 6.20. The minimum atomic E-state index is -2.68. The van der Waals surface area contributed by atoms with Crippen LogP contribution >= 0.6 is 22.6 Å². The molecule has 0 atom stereocenters. The Morgan fingerprint density at radius 1 is 0.800 bits per heavy atom. The largest absolute Gasteiger partial charge is 0.487 e. The first-order valence-corrected chi connectivity index (χ1v) is 16.7. The lowest BCUT2D eigenvalue weighted by atomic mass is 9.93. The van der Waals surface area contributed by atoms with Crippen molar-refractivity contribution in [1.29, 1.82) is 0 Å². The highest BCUT2D eigenvalue weighted by Gasteiger charge is 2.44. The summed E-state index contributed by atoms with van der Waals surface area (Å²) in [4.78, 5) is 9.10. The quantitative estimate of drug-likeness (QED) is 0.122. The highest BCUT2D eigenvalue weighted by molar-refractivity contribution is 14.1. The predicted molar refractivity (Wildman–Crippen MR) is 177 cm³/mol. The van der Waals surface area contributed by atoms with Gasteiger partial charge in [-0.15, -0.1) is 10.2 Å². The van der Waals surface area contributed by atoms with Gasteiger partial charge in [0.2, 0.25) is 5.89 Å². The van der Waals surface area contributed by atoms with E-state index in [0.29, 0.717) is 48.4 Å². The van der Waals surface area contributed by atoms with Gasteiger partial charge in [-0.05, 0) is 89.6 Å². The molecule has 2 saturated heterocycles. The summed E-state index contributed by atoms with van der Waals surface area (Å²) < 4.78 is 47.3. The van der Waals surface area contributed by atoms with Gasteiger partial charge in [0, 0.05) is 42.6 Å². The van der Waals surface area contributed by atoms with Gasteiger partial charge in [0.05, 0.1) is 24.5 Å². The molecule has 8 nitrogen and oxygen atoms in total. The van der Waals surface area contributed by atoms with Gasteiger partial charge in [-0.3, -0.25) is 0 Å². The molecule has 4 aromatic rings. The zero-order valence-corrected chi connectivity index (χ0v) is 27.2. The lowest BCUT2D eigenvalue weighted by molar-refractivity contribution is -0.0222. The number of nitrogens with zero attached hydrogens (tertiary/aromatic N) is 5. The van der Waals surface area contributed by atoms with Crippen LogP contribution in [0.25, 0.3) is 23.0 Å². The number of rotatable bonds is 10. The van der Waals surface area contributed by atoms with E-state index < -0.39 is 5.92 Å². The smallest absolute Gasteiger partial charge is 0.266 e. The molecule has 0 radical (unpaired) electrons. The second-order valence-corrected chi connectivity index (χ2v) is 13.6. The number of benzene rings is 2. The molecule has 11 heteroatoms. The Hall–Kier alpha value is -3.32. The summed E-state index contributed by atoms with van der Waals surface area (Å²) in [7, 11) is 0. The Labute approximate surface area is 275 Å². The number of ether oxygens (including phenoxy) is 2. The van der Waals surface area contributed by atoms with Gasteiger partial charge in [-0.1, -0.05) is 30.3 Å². The van der Waals surface area contributed by atoms with Crippen molar-refractivity contribution in [2.75, 3.05) is 49.2 Å². The number of hydrogen-bond donors (Lipinski definition) is 0. The van der Waals surface area contributed by atoms with Crippen LogP contribution in [-0.2, 0) is 11.3 Å². The number of pyridine rings is 1. The lowest BCUT2D eigenvalue weighted by Gasteiger charge is -2.34. The van der Waals surface area contributed by atoms with E-state index in [-0.39, 0.29) is 31.8 Å². The second-order valence-electron chi connectivity index (χ2n) is 12.3. The van der Waals surface area contributed by atoms with Crippen LogP contribution in [0.5, 0.6) is 5.75 Å². The maximum atomic E-state index is 14.0. The lowest BCUT2D eigenvalue weighted by Crippen LogP contribution is -2.40. The molecule has 1 saturated carbocycles. The van der Waals surface area contributed by atoms with E-state index in [1.165, 1.54) is 25.7 Å². The average molecular weight is 728 g/mol. The van der Waals surface area contributed by atoms with Crippen LogP contribution in [0.15, 0.2) is 65.1 Å². The molecule has 3 aliphatic rings. The van der Waals surface area contributed by atoms with Crippen LogP contribution in [-0.4, -0.2) is 60.5 Å². The number of piperidine rings is 2. The van der Waals surface area contributed by atoms with Crippen LogP contribution in [0.1, 0.15) is 44.1 Å². The first-order chi connectivity index (χ1) is 21.9. The van der Waals surface area contributed by atoms with Crippen molar-refractivity contribution in [2.45, 2.75) is 51.1 Å². The van der Waals surface area contributed by atoms with Gasteiger partial charge in [0.25, 0.3) is 11.8 Å². The number of hydrogen-bond acceptors (Lipinski definition) is 8. The van der Waals surface area contributed by atoms with Crippen LogP contribution in [0.3, 0.4) is 0 Å². The number of anilines is 2. The summed E-state index contributed by atoms with van der Waals surface area (Å²) in [6, 6.07) is 19.8. The van der Waals surface area contributed by atoms with Crippen molar-refractivity contribution in [3.63, 3.8) is 0 Å². The standard InChI is InChI=1S/C34H36F2IN5O3/c35-34(36)14-18-42(19-15-34)30-29(44-21-20-43-23-24-4-2-1-3-5-24)9-8-27(38-30)32-40-39-31(45-32)26-7-6-25(37)22-28(26)41-16-12-33(10-11-33)13-17-41/h1-9,22H,10-21,23H2. The molecule has 0 amide bonds. The SMILES string of the molecule is FC1(F)CCN(c2nc(-c3nnc(-c4ccc(I)cc4N4CCC5(CC4)CC5)o3)ccc2OCCOCc2ccccc2)CC1. The van der Waals surface area contributed by atoms with Crippen molar-refractivity contribution in [3.05, 3.63) is 69.8 Å². The summed E-state index contributed by atoms with van der Waals surface area (Å²) in [6.07, 6.45) is 4.67. The molecule has 0 bridgehead atoms. The molecule has 1 spiro atoms. The first-order valence-electron chi connectivity index (χ1n) is 15.6. The van der Waals surface area contributed by atoms with Gasteiger partial charge in [0.1, 0.15) is 12.3 Å². The van der Waals surface area contributed by atoms with Crippen molar-refractivity contribution >= 4 is 34.1 Å². The van der Waals surface area contributed by atoms with E-state index in [2.05, 4.69) is 43.8 Å². The van der Waals surface area contributed by atoms with E-state index >= 15 is 0 Å². The highest BCUT2D eigenvalue weighted by atomic mass is 127. The zero-order chi connectivity index (χ0) is 30.9. The third kappa shape index (κ3) is 7.09. The van der Waals surface area contributed by atoms with Crippen LogP contribution in [0, 0.1) is 8.99 Å². The van der Waals surface area contributed by atoms with Gasteiger partial charge in [-0.2, -0.15) is 0 Å². The number of halogens is 3. The minimum absolute atomic E-state index is 0.169. The Morgan fingerprint density at radius 3 is 2.29 bits per heavy atom. The zero-order valence-electron chi connectivity index (χ0n) is 25.1. The van der Waals surface area contributed by atoms with Crippen LogP contribution < -0.4 is 14.5 Å². The van der Waals surface area contributed by atoms with Crippen molar-refractivity contribution in [3.8, 4) is 28.8 Å². The van der Waals surface area contributed by atoms with Gasteiger partial charge in [-0.25, -0.2) is 13.8 Å². The number of alkyl halides is 2. The molecule has 3 fully saturated rings. The fourth-order valence-corrected chi connectivity index (χ4v) is 6.67.